The molecule has 0 atom stereocenters. The molecule has 1 aliphatic heterocycles. The molecule has 0 aliphatic carbocycles. The summed E-state index contributed by atoms with van der Waals surface area (Å²) < 4.78 is 63.4. The minimum atomic E-state index is -4.20. The molecule has 7 heteroatoms. The molecule has 1 fully saturated rings. The molecule has 0 N–H and O–H groups in total. The molecule has 21 heavy (non-hydrogen) atoms. The van der Waals surface area contributed by atoms with Crippen molar-refractivity contribution in [1.82, 2.24) is 4.90 Å². The summed E-state index contributed by atoms with van der Waals surface area (Å²) in [5.74, 6) is -3.92. The number of rotatable bonds is 3. The van der Waals surface area contributed by atoms with Crippen LogP contribution in [0.25, 0.3) is 0 Å². The number of carbonyl (C=O) groups is 1. The highest BCUT2D eigenvalue weighted by Gasteiger charge is 2.41. The molecule has 0 unspecified atom stereocenters. The van der Waals surface area contributed by atoms with E-state index in [0.717, 1.165) is 12.1 Å². The summed E-state index contributed by atoms with van der Waals surface area (Å²) in [5, 5.41) is 0. The van der Waals surface area contributed by atoms with Crippen molar-refractivity contribution in [3.63, 3.8) is 0 Å². The third-order valence-electron chi connectivity index (χ3n) is 3.66. The molecule has 2 rings (SSSR count). The summed E-state index contributed by atoms with van der Waals surface area (Å²) in [6, 6.07) is 2.84. The highest BCUT2D eigenvalue weighted by atomic mass is 19.4. The number of Topliss-reactive ketones (excluding diaryl/α,β-unsaturated/α-hetero) is 1. The smallest absolute Gasteiger partial charge is 0.296 e. The molecule has 1 aliphatic rings. The lowest BCUT2D eigenvalue weighted by atomic mass is 9.96. The van der Waals surface area contributed by atoms with Crippen LogP contribution in [-0.2, 0) is 0 Å². The number of carbonyl (C=O) groups excluding carboxylic acids is 1. The van der Waals surface area contributed by atoms with Gasteiger partial charge in [0.05, 0.1) is 12.5 Å². The van der Waals surface area contributed by atoms with Crippen molar-refractivity contribution in [1.29, 1.82) is 0 Å². The predicted molar refractivity (Wildman–Crippen MR) is 65.9 cm³/mol. The van der Waals surface area contributed by atoms with E-state index >= 15 is 0 Å². The fourth-order valence-electron chi connectivity index (χ4n) is 2.38. The average Bonchev–Trinajstić information content (AvgIpc) is 2.41. The molecule has 0 amide bonds. The van der Waals surface area contributed by atoms with Gasteiger partial charge in [-0.3, -0.25) is 9.69 Å². The van der Waals surface area contributed by atoms with E-state index in [0.29, 0.717) is 0 Å². The van der Waals surface area contributed by atoms with Crippen molar-refractivity contribution in [2.75, 3.05) is 19.6 Å². The predicted octanol–water partition coefficient (Wildman–Crippen LogP) is 3.42. The van der Waals surface area contributed by atoms with Crippen molar-refractivity contribution in [2.45, 2.75) is 19.0 Å². The third-order valence-corrected chi connectivity index (χ3v) is 3.66. The van der Waals surface area contributed by atoms with Gasteiger partial charge in [-0.05, 0) is 44.1 Å². The van der Waals surface area contributed by atoms with Gasteiger partial charge in [0.25, 0.3) is 0 Å². The lowest BCUT2D eigenvalue weighted by molar-refractivity contribution is -0.184. The molecule has 2 nitrogen and oxygen atoms in total. The van der Waals surface area contributed by atoms with E-state index in [-0.39, 0.29) is 38.0 Å². The molecule has 0 aromatic heterocycles. The monoisotopic (exact) mass is 307 g/mol. The first-order valence-corrected chi connectivity index (χ1v) is 6.54. The van der Waals surface area contributed by atoms with Crippen LogP contribution in [0, 0.1) is 17.6 Å². The maximum absolute atomic E-state index is 13.0. The second kappa shape index (κ2) is 6.09. The molecule has 0 radical (unpaired) electrons. The minimum absolute atomic E-state index is 0.0202. The molecule has 0 spiro atoms. The van der Waals surface area contributed by atoms with Gasteiger partial charge in [0.2, 0.25) is 0 Å². The third kappa shape index (κ3) is 4.00. The highest BCUT2D eigenvalue weighted by molar-refractivity contribution is 5.97. The van der Waals surface area contributed by atoms with Gasteiger partial charge in [0, 0.05) is 5.56 Å². The SMILES string of the molecule is O=C(CN1CCC(C(F)(F)F)CC1)c1ccc(F)c(F)c1. The van der Waals surface area contributed by atoms with E-state index in [1.807, 2.05) is 0 Å². The number of ketones is 1. The molecule has 1 aromatic carbocycles. The van der Waals surface area contributed by atoms with Crippen molar-refractivity contribution >= 4 is 5.78 Å². The Bertz CT molecular complexity index is 521. The van der Waals surface area contributed by atoms with Crippen LogP contribution in [0.2, 0.25) is 0 Å². The number of nitrogens with zero attached hydrogens (tertiary/aromatic N) is 1. The first kappa shape index (κ1) is 15.9. The first-order chi connectivity index (χ1) is 9.77. The fraction of sp³-hybridized carbons (Fsp3) is 0.500. The van der Waals surface area contributed by atoms with Gasteiger partial charge in [0.1, 0.15) is 0 Å². The highest BCUT2D eigenvalue weighted by Crippen LogP contribution is 2.34. The van der Waals surface area contributed by atoms with Crippen molar-refractivity contribution < 1.29 is 26.7 Å². The minimum Gasteiger partial charge on any atom is -0.296 e. The summed E-state index contributed by atoms with van der Waals surface area (Å²) in [6.45, 7) is 0.245. The first-order valence-electron chi connectivity index (χ1n) is 6.54. The van der Waals surface area contributed by atoms with Gasteiger partial charge < -0.3 is 0 Å². The Morgan fingerprint density at radius 2 is 1.76 bits per heavy atom. The van der Waals surface area contributed by atoms with E-state index in [1.54, 1.807) is 4.90 Å². The molecule has 0 saturated carbocycles. The Hall–Kier alpha value is -1.50. The summed E-state index contributed by atoms with van der Waals surface area (Å²) in [7, 11) is 0. The summed E-state index contributed by atoms with van der Waals surface area (Å²) in [5.41, 5.74) is 0.0202. The Kier molecular flexibility index (Phi) is 4.61. The number of benzene rings is 1. The van der Waals surface area contributed by atoms with Crippen LogP contribution in [-0.4, -0.2) is 36.5 Å². The second-order valence-electron chi connectivity index (χ2n) is 5.14. The molecule has 0 bridgehead atoms. The molecule has 1 heterocycles. The van der Waals surface area contributed by atoms with Gasteiger partial charge >= 0.3 is 6.18 Å². The zero-order valence-electron chi connectivity index (χ0n) is 11.1. The normalized spacial score (nSPS) is 18.0. The topological polar surface area (TPSA) is 20.3 Å². The number of alkyl halides is 3. The van der Waals surface area contributed by atoms with Crippen molar-refractivity contribution in [2.24, 2.45) is 5.92 Å². The van der Waals surface area contributed by atoms with Gasteiger partial charge in [-0.15, -0.1) is 0 Å². The molecule has 1 saturated heterocycles. The van der Waals surface area contributed by atoms with E-state index < -0.39 is 29.5 Å². The number of hydrogen-bond donors (Lipinski definition) is 0. The summed E-state index contributed by atoms with van der Waals surface area (Å²) >= 11 is 0. The fourth-order valence-corrected chi connectivity index (χ4v) is 2.38. The summed E-state index contributed by atoms with van der Waals surface area (Å²) in [6.07, 6.45) is -4.29. The summed E-state index contributed by atoms with van der Waals surface area (Å²) in [4.78, 5) is 13.5. The van der Waals surface area contributed by atoms with Crippen LogP contribution in [0.15, 0.2) is 18.2 Å². The van der Waals surface area contributed by atoms with E-state index in [1.165, 1.54) is 6.07 Å². The van der Waals surface area contributed by atoms with Crippen molar-refractivity contribution in [3.05, 3.63) is 35.4 Å². The van der Waals surface area contributed by atoms with Crippen molar-refractivity contribution in [3.8, 4) is 0 Å². The van der Waals surface area contributed by atoms with Crippen LogP contribution in [0.1, 0.15) is 23.2 Å². The Morgan fingerprint density at radius 1 is 1.14 bits per heavy atom. The van der Waals surface area contributed by atoms with Crippen LogP contribution >= 0.6 is 0 Å². The maximum Gasteiger partial charge on any atom is 0.391 e. The van der Waals surface area contributed by atoms with Crippen LogP contribution in [0.5, 0.6) is 0 Å². The van der Waals surface area contributed by atoms with Gasteiger partial charge in [0.15, 0.2) is 17.4 Å². The largest absolute Gasteiger partial charge is 0.391 e. The van der Waals surface area contributed by atoms with E-state index in [2.05, 4.69) is 0 Å². The van der Waals surface area contributed by atoms with Crippen LogP contribution < -0.4 is 0 Å². The maximum atomic E-state index is 13.0. The average molecular weight is 307 g/mol. The zero-order chi connectivity index (χ0) is 15.6. The van der Waals surface area contributed by atoms with Crippen LogP contribution in [0.3, 0.4) is 0 Å². The number of likely N-dealkylation sites (tertiary alicyclic amines) is 1. The quantitative estimate of drug-likeness (QED) is 0.630. The Balaban J connectivity index is 1.91. The Morgan fingerprint density at radius 3 is 2.29 bits per heavy atom. The molecular weight excluding hydrogens is 293 g/mol. The number of hydrogen-bond acceptors (Lipinski definition) is 2. The number of piperidine rings is 1. The van der Waals surface area contributed by atoms with E-state index in [4.69, 9.17) is 0 Å². The Labute approximate surface area is 118 Å². The lowest BCUT2D eigenvalue weighted by Crippen LogP contribution is -2.41. The second-order valence-corrected chi connectivity index (χ2v) is 5.14. The standard InChI is InChI=1S/C14H14F5NO/c15-11-2-1-9(7-12(11)16)13(21)8-20-5-3-10(4-6-20)14(17,18)19/h1-2,7,10H,3-6,8H2. The van der Waals surface area contributed by atoms with Gasteiger partial charge in [-0.25, -0.2) is 8.78 Å². The molecule has 116 valence electrons. The molecule has 1 aromatic rings. The van der Waals surface area contributed by atoms with Crippen LogP contribution in [0.4, 0.5) is 22.0 Å². The van der Waals surface area contributed by atoms with Gasteiger partial charge in [-0.2, -0.15) is 13.2 Å². The molecular formula is C14H14F5NO. The van der Waals surface area contributed by atoms with E-state index in [9.17, 15) is 26.7 Å². The van der Waals surface area contributed by atoms with Gasteiger partial charge in [-0.1, -0.05) is 0 Å². The number of halogens is 5. The zero-order valence-corrected chi connectivity index (χ0v) is 11.1. The lowest BCUT2D eigenvalue weighted by Gasteiger charge is -2.32.